The van der Waals surface area contributed by atoms with E-state index in [0.717, 1.165) is 19.4 Å². The quantitative estimate of drug-likeness (QED) is 0.809. The summed E-state index contributed by atoms with van der Waals surface area (Å²) in [5.74, 6) is -2.10. The van der Waals surface area contributed by atoms with Crippen LogP contribution >= 0.6 is 0 Å². The smallest absolute Gasteiger partial charge is 0.303 e. The van der Waals surface area contributed by atoms with Gasteiger partial charge in [0.1, 0.15) is 23.3 Å². The highest BCUT2D eigenvalue weighted by Gasteiger charge is 2.49. The van der Waals surface area contributed by atoms with Gasteiger partial charge in [-0.05, 0) is 50.4 Å². The molecule has 1 aromatic rings. The van der Waals surface area contributed by atoms with Crippen molar-refractivity contribution in [3.05, 3.63) is 16.7 Å². The van der Waals surface area contributed by atoms with Gasteiger partial charge in [0.15, 0.2) is 0 Å². The Morgan fingerprint density at radius 1 is 1.33 bits per heavy atom. The van der Waals surface area contributed by atoms with Crippen molar-refractivity contribution in [3.63, 3.8) is 0 Å². The molecule has 6 rings (SSSR count). The lowest BCUT2D eigenvalue weighted by Gasteiger charge is -2.54. The summed E-state index contributed by atoms with van der Waals surface area (Å²) in [6.45, 7) is 4.05. The summed E-state index contributed by atoms with van der Waals surface area (Å²) in [6, 6.07) is 2.24. The number of nitriles is 1. The molecule has 30 heavy (non-hydrogen) atoms. The number of anilines is 2. The summed E-state index contributed by atoms with van der Waals surface area (Å²) in [7, 11) is 0. The summed E-state index contributed by atoms with van der Waals surface area (Å²) < 4.78 is 30.1. The highest BCUT2D eigenvalue weighted by molar-refractivity contribution is 5.70. The Labute approximate surface area is 174 Å². The molecule has 4 atom stereocenters. The second-order valence-electron chi connectivity index (χ2n) is 9.41. The van der Waals surface area contributed by atoms with E-state index in [2.05, 4.69) is 11.0 Å². The van der Waals surface area contributed by atoms with Crippen LogP contribution in [0, 0.1) is 29.1 Å². The number of aliphatic carboxylic acids is 1. The number of carboxylic acid groups (broad SMARTS) is 1. The second-order valence-corrected chi connectivity index (χ2v) is 9.41. The van der Waals surface area contributed by atoms with E-state index in [4.69, 9.17) is 4.98 Å². The molecule has 2 aliphatic carbocycles. The number of pyridine rings is 1. The highest BCUT2D eigenvalue weighted by atomic mass is 19.3. The van der Waals surface area contributed by atoms with E-state index in [0.29, 0.717) is 43.1 Å². The van der Waals surface area contributed by atoms with Crippen molar-refractivity contribution in [2.45, 2.75) is 57.4 Å². The number of alkyl halides is 2. The van der Waals surface area contributed by atoms with Crippen LogP contribution in [0.2, 0.25) is 0 Å². The third kappa shape index (κ3) is 2.85. The van der Waals surface area contributed by atoms with Crippen molar-refractivity contribution in [1.82, 2.24) is 4.98 Å². The molecule has 5 aliphatic rings. The largest absolute Gasteiger partial charge is 0.481 e. The molecule has 3 aliphatic heterocycles. The maximum atomic E-state index is 15.1. The lowest BCUT2D eigenvalue weighted by atomic mass is 9.60. The average molecular weight is 416 g/mol. The molecular formula is C22H26F2N4O2. The van der Waals surface area contributed by atoms with E-state index in [9.17, 15) is 15.2 Å². The van der Waals surface area contributed by atoms with Crippen LogP contribution in [-0.4, -0.2) is 41.7 Å². The molecule has 0 spiro atoms. The van der Waals surface area contributed by atoms with E-state index in [1.54, 1.807) is 0 Å². The lowest BCUT2D eigenvalue weighted by Crippen LogP contribution is -2.56. The zero-order chi connectivity index (χ0) is 21.2. The van der Waals surface area contributed by atoms with Gasteiger partial charge in [-0.25, -0.2) is 13.8 Å². The number of hydrogen-bond donors (Lipinski definition) is 1. The maximum Gasteiger partial charge on any atom is 0.303 e. The van der Waals surface area contributed by atoms with Crippen LogP contribution in [0.3, 0.4) is 0 Å². The van der Waals surface area contributed by atoms with Crippen LogP contribution in [0.4, 0.5) is 20.4 Å². The minimum Gasteiger partial charge on any atom is -0.481 e. The number of rotatable bonds is 4. The fraction of sp³-hybridized carbons (Fsp3) is 0.682. The van der Waals surface area contributed by atoms with Crippen LogP contribution in [0.15, 0.2) is 0 Å². The summed E-state index contributed by atoms with van der Waals surface area (Å²) in [5, 5.41) is 19.0. The summed E-state index contributed by atoms with van der Waals surface area (Å²) >= 11 is 0. The molecule has 4 heterocycles. The number of aromatic nitrogens is 1. The standard InChI is InChI=1S/C22H26F2N4O2/c1-12-4-6-28(12)21-17(9-25)19-15(3-2-5-22(19,23)24)20(26-21)27-10-13-7-14(11-27)16(13)8-18(29)30/h12-14,16H,2-8,10-11H2,1H3,(H,29,30)/t12-,13-,14+,16-/m0/s1. The van der Waals surface area contributed by atoms with Gasteiger partial charge < -0.3 is 14.9 Å². The zero-order valence-corrected chi connectivity index (χ0v) is 17.1. The van der Waals surface area contributed by atoms with Gasteiger partial charge in [0.05, 0.1) is 0 Å². The molecule has 1 N–H and O–H groups in total. The zero-order valence-electron chi connectivity index (χ0n) is 17.1. The van der Waals surface area contributed by atoms with Gasteiger partial charge in [-0.15, -0.1) is 0 Å². The Hall–Kier alpha value is -2.43. The van der Waals surface area contributed by atoms with Crippen molar-refractivity contribution in [3.8, 4) is 6.07 Å². The topological polar surface area (TPSA) is 80.5 Å². The molecule has 1 aromatic heterocycles. The number of fused-ring (bicyclic) bond motifs is 3. The molecule has 4 fully saturated rings. The fourth-order valence-corrected chi connectivity index (χ4v) is 5.95. The molecule has 0 unspecified atom stereocenters. The normalized spacial score (nSPS) is 31.3. The third-order valence-corrected chi connectivity index (χ3v) is 7.68. The van der Waals surface area contributed by atoms with Crippen molar-refractivity contribution in [1.29, 1.82) is 5.26 Å². The SMILES string of the molecule is C[C@H]1CCN1c1nc(N2C[C@H]3C[C@@H](C2)[C@@H]3CC(=O)O)c2c(c1C#N)C(F)(F)CCC2. The third-order valence-electron chi connectivity index (χ3n) is 7.68. The van der Waals surface area contributed by atoms with Gasteiger partial charge in [-0.3, -0.25) is 4.79 Å². The van der Waals surface area contributed by atoms with Crippen molar-refractivity contribution < 1.29 is 18.7 Å². The highest BCUT2D eigenvalue weighted by Crippen LogP contribution is 2.51. The molecule has 2 bridgehead atoms. The van der Waals surface area contributed by atoms with Crippen molar-refractivity contribution in [2.24, 2.45) is 17.8 Å². The Morgan fingerprint density at radius 3 is 2.63 bits per heavy atom. The first-order valence-corrected chi connectivity index (χ1v) is 10.9. The van der Waals surface area contributed by atoms with E-state index in [1.165, 1.54) is 0 Å². The molecular weight excluding hydrogens is 390 g/mol. The summed E-state index contributed by atoms with van der Waals surface area (Å²) in [5.41, 5.74) is 0.448. The van der Waals surface area contributed by atoms with E-state index >= 15 is 8.78 Å². The molecule has 6 nitrogen and oxygen atoms in total. The van der Waals surface area contributed by atoms with Gasteiger partial charge in [-0.2, -0.15) is 5.26 Å². The first-order chi connectivity index (χ1) is 14.3. The minimum atomic E-state index is -3.02. The predicted molar refractivity (Wildman–Crippen MR) is 107 cm³/mol. The Bertz CT molecular complexity index is 932. The number of carboxylic acids is 1. The Morgan fingerprint density at radius 2 is 2.07 bits per heavy atom. The lowest BCUT2D eigenvalue weighted by molar-refractivity contribution is -0.141. The molecule has 0 aromatic carbocycles. The van der Waals surface area contributed by atoms with E-state index in [-0.39, 0.29) is 47.8 Å². The van der Waals surface area contributed by atoms with Crippen LogP contribution < -0.4 is 9.80 Å². The van der Waals surface area contributed by atoms with Gasteiger partial charge in [0.25, 0.3) is 5.92 Å². The predicted octanol–water partition coefficient (Wildman–Crippen LogP) is 3.53. The van der Waals surface area contributed by atoms with Crippen LogP contribution in [-0.2, 0) is 17.1 Å². The second kappa shape index (κ2) is 6.79. The molecule has 0 amide bonds. The van der Waals surface area contributed by atoms with Gasteiger partial charge >= 0.3 is 5.97 Å². The first-order valence-electron chi connectivity index (χ1n) is 10.9. The number of nitrogens with zero attached hydrogens (tertiary/aromatic N) is 4. The van der Waals surface area contributed by atoms with Crippen LogP contribution in [0.25, 0.3) is 0 Å². The van der Waals surface area contributed by atoms with E-state index in [1.807, 2.05) is 11.8 Å². The molecule has 160 valence electrons. The molecule has 3 saturated heterocycles. The molecule has 1 saturated carbocycles. The minimum absolute atomic E-state index is 0.0379. The summed E-state index contributed by atoms with van der Waals surface area (Å²) in [6.07, 6.45) is 2.78. The van der Waals surface area contributed by atoms with Crippen molar-refractivity contribution in [2.75, 3.05) is 29.4 Å². The van der Waals surface area contributed by atoms with Crippen molar-refractivity contribution >= 4 is 17.6 Å². The number of carbonyl (C=O) groups is 1. The fourth-order valence-electron chi connectivity index (χ4n) is 5.95. The van der Waals surface area contributed by atoms with Gasteiger partial charge in [-0.1, -0.05) is 0 Å². The summed E-state index contributed by atoms with van der Waals surface area (Å²) in [4.78, 5) is 20.1. The van der Waals surface area contributed by atoms with Gasteiger partial charge in [0.2, 0.25) is 0 Å². The van der Waals surface area contributed by atoms with Crippen LogP contribution in [0.1, 0.15) is 55.7 Å². The average Bonchev–Trinajstić information content (AvgIpc) is 2.70. The molecule has 8 heteroatoms. The number of halogens is 2. The monoisotopic (exact) mass is 416 g/mol. The maximum absolute atomic E-state index is 15.1. The Kier molecular flexibility index (Phi) is 4.42. The number of piperidine rings is 2. The molecule has 0 radical (unpaired) electrons. The van der Waals surface area contributed by atoms with E-state index < -0.39 is 11.9 Å². The Balaban J connectivity index is 1.57. The van der Waals surface area contributed by atoms with Crippen LogP contribution in [0.5, 0.6) is 0 Å². The number of hydrogen-bond acceptors (Lipinski definition) is 5. The van der Waals surface area contributed by atoms with Gasteiger partial charge in [0, 0.05) is 49.6 Å². The first kappa shape index (κ1) is 19.5.